The van der Waals surface area contributed by atoms with Crippen LogP contribution in [0.5, 0.6) is 0 Å². The maximum atomic E-state index is 13.7. The van der Waals surface area contributed by atoms with E-state index in [1.165, 1.54) is 12.5 Å². The van der Waals surface area contributed by atoms with Crippen molar-refractivity contribution in [3.8, 4) is 11.8 Å². The van der Waals surface area contributed by atoms with Crippen molar-refractivity contribution in [3.05, 3.63) is 53.0 Å². The summed E-state index contributed by atoms with van der Waals surface area (Å²) in [6, 6.07) is 4.44. The van der Waals surface area contributed by atoms with Gasteiger partial charge in [0.15, 0.2) is 6.39 Å². The standard InChI is InChI=1S/C15H14FN3O2/c1-10-14(21-9-19-10)15(20)18-8-12-7-11(3-2-6-17)4-5-13(12)16/h4-5,7,9H,6,8,17H2,1H3,(H,18,20). The van der Waals surface area contributed by atoms with Crippen molar-refractivity contribution in [1.29, 1.82) is 0 Å². The zero-order valence-electron chi connectivity index (χ0n) is 11.4. The minimum atomic E-state index is -0.442. The fraction of sp³-hybridized carbons (Fsp3) is 0.200. The van der Waals surface area contributed by atoms with Crippen molar-refractivity contribution in [1.82, 2.24) is 10.3 Å². The van der Waals surface area contributed by atoms with Crippen molar-refractivity contribution in [2.75, 3.05) is 6.54 Å². The number of halogens is 1. The van der Waals surface area contributed by atoms with Gasteiger partial charge in [-0.1, -0.05) is 11.8 Å². The second kappa shape index (κ2) is 6.68. The van der Waals surface area contributed by atoms with Gasteiger partial charge in [0, 0.05) is 17.7 Å². The van der Waals surface area contributed by atoms with E-state index in [4.69, 9.17) is 10.2 Å². The molecule has 0 aliphatic rings. The lowest BCUT2D eigenvalue weighted by atomic mass is 10.1. The number of amides is 1. The largest absolute Gasteiger partial charge is 0.438 e. The molecule has 0 spiro atoms. The van der Waals surface area contributed by atoms with Gasteiger partial charge in [-0.2, -0.15) is 0 Å². The molecule has 0 unspecified atom stereocenters. The summed E-state index contributed by atoms with van der Waals surface area (Å²) >= 11 is 0. The number of nitrogens with one attached hydrogen (secondary N) is 1. The van der Waals surface area contributed by atoms with Gasteiger partial charge in [0.05, 0.1) is 12.2 Å². The minimum Gasteiger partial charge on any atom is -0.438 e. The van der Waals surface area contributed by atoms with Crippen molar-refractivity contribution < 1.29 is 13.6 Å². The summed E-state index contributed by atoms with van der Waals surface area (Å²) in [5, 5.41) is 2.58. The molecule has 0 bridgehead atoms. The molecule has 108 valence electrons. The molecule has 2 rings (SSSR count). The van der Waals surface area contributed by atoms with E-state index < -0.39 is 11.7 Å². The first-order valence-electron chi connectivity index (χ1n) is 6.27. The maximum absolute atomic E-state index is 13.7. The fourth-order valence-electron chi connectivity index (χ4n) is 1.72. The lowest BCUT2D eigenvalue weighted by Crippen LogP contribution is -2.23. The summed E-state index contributed by atoms with van der Waals surface area (Å²) < 4.78 is 18.7. The molecule has 6 heteroatoms. The van der Waals surface area contributed by atoms with Crippen molar-refractivity contribution in [2.24, 2.45) is 5.73 Å². The van der Waals surface area contributed by atoms with Gasteiger partial charge in [-0.25, -0.2) is 9.37 Å². The van der Waals surface area contributed by atoms with Crippen molar-refractivity contribution >= 4 is 5.91 Å². The molecule has 0 radical (unpaired) electrons. The van der Waals surface area contributed by atoms with Crippen LogP contribution in [0.1, 0.15) is 27.4 Å². The average molecular weight is 287 g/mol. The molecule has 1 amide bonds. The van der Waals surface area contributed by atoms with Gasteiger partial charge in [-0.15, -0.1) is 0 Å². The van der Waals surface area contributed by atoms with Crippen LogP contribution in [0.25, 0.3) is 0 Å². The Bertz CT molecular complexity index is 713. The predicted molar refractivity (Wildman–Crippen MR) is 74.7 cm³/mol. The minimum absolute atomic E-state index is 0.0307. The number of rotatable bonds is 3. The number of nitrogens with zero attached hydrogens (tertiary/aromatic N) is 1. The van der Waals surface area contributed by atoms with Crippen LogP contribution >= 0.6 is 0 Å². The molecule has 0 aliphatic heterocycles. The molecule has 0 aliphatic carbocycles. The number of hydrogen-bond acceptors (Lipinski definition) is 4. The molecule has 3 N–H and O–H groups in total. The summed E-state index contributed by atoms with van der Waals surface area (Å²) in [7, 11) is 0. The van der Waals surface area contributed by atoms with E-state index in [1.807, 2.05) is 0 Å². The number of nitrogens with two attached hydrogens (primary N) is 1. The Morgan fingerprint density at radius 1 is 1.52 bits per heavy atom. The third-order valence-electron chi connectivity index (χ3n) is 2.77. The first-order valence-corrected chi connectivity index (χ1v) is 6.27. The Labute approximate surface area is 121 Å². The first kappa shape index (κ1) is 14.8. The molecule has 0 fully saturated rings. The number of carbonyl (C=O) groups is 1. The van der Waals surface area contributed by atoms with Gasteiger partial charge in [-0.3, -0.25) is 4.79 Å². The molecule has 1 aromatic heterocycles. The Kier molecular flexibility index (Phi) is 4.69. The van der Waals surface area contributed by atoms with E-state index in [0.717, 1.165) is 0 Å². The highest BCUT2D eigenvalue weighted by Gasteiger charge is 2.14. The Morgan fingerprint density at radius 2 is 2.33 bits per heavy atom. The molecule has 0 saturated heterocycles. The molecule has 1 aromatic carbocycles. The third-order valence-corrected chi connectivity index (χ3v) is 2.77. The van der Waals surface area contributed by atoms with E-state index in [9.17, 15) is 9.18 Å². The maximum Gasteiger partial charge on any atom is 0.289 e. The van der Waals surface area contributed by atoms with E-state index >= 15 is 0 Å². The number of aryl methyl sites for hydroxylation is 1. The van der Waals surface area contributed by atoms with Crippen molar-refractivity contribution in [3.63, 3.8) is 0 Å². The van der Waals surface area contributed by atoms with Gasteiger partial charge in [-0.05, 0) is 25.1 Å². The smallest absolute Gasteiger partial charge is 0.289 e. The van der Waals surface area contributed by atoms with E-state index in [2.05, 4.69) is 22.1 Å². The fourth-order valence-corrected chi connectivity index (χ4v) is 1.72. The molecule has 0 saturated carbocycles. The van der Waals surface area contributed by atoms with Gasteiger partial charge in [0.25, 0.3) is 5.91 Å². The van der Waals surface area contributed by atoms with Gasteiger partial charge < -0.3 is 15.5 Å². The monoisotopic (exact) mass is 287 g/mol. The summed E-state index contributed by atoms with van der Waals surface area (Å²) in [5.41, 5.74) is 6.75. The molecule has 1 heterocycles. The van der Waals surface area contributed by atoms with Crippen LogP contribution in [0.4, 0.5) is 4.39 Å². The Balaban J connectivity index is 2.09. The number of benzene rings is 1. The highest BCUT2D eigenvalue weighted by atomic mass is 19.1. The van der Waals surface area contributed by atoms with Gasteiger partial charge >= 0.3 is 0 Å². The topological polar surface area (TPSA) is 81.2 Å². The normalized spacial score (nSPS) is 9.86. The van der Waals surface area contributed by atoms with Crippen LogP contribution in [0.2, 0.25) is 0 Å². The summed E-state index contributed by atoms with van der Waals surface area (Å²) in [4.78, 5) is 15.7. The summed E-state index contributed by atoms with van der Waals surface area (Å²) in [6.07, 6.45) is 1.19. The molecule has 21 heavy (non-hydrogen) atoms. The zero-order chi connectivity index (χ0) is 15.2. The van der Waals surface area contributed by atoms with Gasteiger partial charge in [0.2, 0.25) is 5.76 Å². The van der Waals surface area contributed by atoms with Crippen LogP contribution in [0.3, 0.4) is 0 Å². The van der Waals surface area contributed by atoms with Crippen LogP contribution in [0, 0.1) is 24.6 Å². The first-order chi connectivity index (χ1) is 10.1. The second-order valence-corrected chi connectivity index (χ2v) is 4.26. The van der Waals surface area contributed by atoms with Crippen LogP contribution < -0.4 is 11.1 Å². The number of hydrogen-bond donors (Lipinski definition) is 2. The van der Waals surface area contributed by atoms with Crippen LogP contribution in [-0.2, 0) is 6.54 Å². The molecular weight excluding hydrogens is 273 g/mol. The van der Waals surface area contributed by atoms with Crippen LogP contribution in [0.15, 0.2) is 29.0 Å². The lowest BCUT2D eigenvalue weighted by Gasteiger charge is -2.06. The second-order valence-electron chi connectivity index (χ2n) is 4.26. The Morgan fingerprint density at radius 3 is 3.00 bits per heavy atom. The number of oxazole rings is 1. The highest BCUT2D eigenvalue weighted by molar-refractivity contribution is 5.92. The third kappa shape index (κ3) is 3.68. The molecule has 5 nitrogen and oxygen atoms in total. The summed E-state index contributed by atoms with van der Waals surface area (Å²) in [6.45, 7) is 1.92. The predicted octanol–water partition coefficient (Wildman–Crippen LogP) is 1.36. The van der Waals surface area contributed by atoms with E-state index in [0.29, 0.717) is 16.8 Å². The average Bonchev–Trinajstić information content (AvgIpc) is 2.91. The molecule has 0 atom stereocenters. The molecule has 2 aromatic rings. The SMILES string of the molecule is Cc1ncoc1C(=O)NCc1cc(C#CCN)ccc1F. The quantitative estimate of drug-likeness (QED) is 0.835. The zero-order valence-corrected chi connectivity index (χ0v) is 11.4. The van der Waals surface area contributed by atoms with Crippen molar-refractivity contribution in [2.45, 2.75) is 13.5 Å². The Hall–Kier alpha value is -2.65. The summed E-state index contributed by atoms with van der Waals surface area (Å²) in [5.74, 6) is 4.77. The number of aromatic nitrogens is 1. The van der Waals surface area contributed by atoms with E-state index in [1.54, 1.807) is 19.1 Å². The van der Waals surface area contributed by atoms with E-state index in [-0.39, 0.29) is 18.8 Å². The lowest BCUT2D eigenvalue weighted by molar-refractivity contribution is 0.0922. The van der Waals surface area contributed by atoms with Gasteiger partial charge in [0.1, 0.15) is 5.82 Å². The highest BCUT2D eigenvalue weighted by Crippen LogP contribution is 2.11. The molecular formula is C15H14FN3O2. The number of carbonyl (C=O) groups excluding carboxylic acids is 1. The van der Waals surface area contributed by atoms with Crippen LogP contribution in [-0.4, -0.2) is 17.4 Å².